The Kier molecular flexibility index (Phi) is 2.46. The van der Waals surface area contributed by atoms with E-state index in [0.29, 0.717) is 5.82 Å². The average molecular weight is 228 g/mol. The van der Waals surface area contributed by atoms with Gasteiger partial charge in [0.25, 0.3) is 5.56 Å². The van der Waals surface area contributed by atoms with Gasteiger partial charge in [0, 0.05) is 12.1 Å². The van der Waals surface area contributed by atoms with Crippen molar-refractivity contribution in [2.75, 3.05) is 11.4 Å². The van der Waals surface area contributed by atoms with Gasteiger partial charge in [-0.05, 0) is 26.7 Å². The summed E-state index contributed by atoms with van der Waals surface area (Å²) in [5.41, 5.74) is -0.242. The number of H-pyrrole nitrogens is 1. The van der Waals surface area contributed by atoms with Crippen LogP contribution in [-0.4, -0.2) is 22.1 Å². The highest BCUT2D eigenvalue weighted by Gasteiger charge is 2.34. The molecule has 0 aromatic carbocycles. The first-order valence-corrected chi connectivity index (χ1v) is 5.41. The highest BCUT2D eigenvalue weighted by Crippen LogP contribution is 2.34. The molecule has 1 N–H and O–H groups in total. The van der Waals surface area contributed by atoms with E-state index in [2.05, 4.69) is 28.7 Å². The molecule has 0 aliphatic carbocycles. The number of halogens is 1. The Bertz CT molecular complexity index is 427. The van der Waals surface area contributed by atoms with Crippen LogP contribution in [0.3, 0.4) is 0 Å². The molecule has 15 heavy (non-hydrogen) atoms. The lowest BCUT2D eigenvalue weighted by Gasteiger charge is -2.32. The molecular formula is C10H14ClN3O. The molecular weight excluding hydrogens is 214 g/mol. The summed E-state index contributed by atoms with van der Waals surface area (Å²) in [6, 6.07) is 0. The van der Waals surface area contributed by atoms with Crippen LogP contribution in [0.5, 0.6) is 0 Å². The van der Waals surface area contributed by atoms with E-state index in [1.807, 2.05) is 0 Å². The van der Waals surface area contributed by atoms with E-state index in [1.165, 1.54) is 6.33 Å². The van der Waals surface area contributed by atoms with Crippen LogP contribution in [0.15, 0.2) is 11.1 Å². The summed E-state index contributed by atoms with van der Waals surface area (Å²) >= 11 is 5.95. The standard InChI is InChI=1S/C10H14ClN3O/c1-10(2)4-3-5-14(10)8-7(11)9(15)13-6-12-8/h6H,3-5H2,1-2H3,(H,12,13,15). The summed E-state index contributed by atoms with van der Waals surface area (Å²) in [5.74, 6) is 0.600. The third-order valence-corrected chi connectivity index (χ3v) is 3.28. The number of hydrogen-bond donors (Lipinski definition) is 1. The van der Waals surface area contributed by atoms with Crippen LogP contribution in [0.4, 0.5) is 5.82 Å². The Morgan fingerprint density at radius 2 is 2.33 bits per heavy atom. The van der Waals surface area contributed by atoms with Gasteiger partial charge in [0.05, 0.1) is 6.33 Å². The molecule has 1 aromatic heterocycles. The lowest BCUT2D eigenvalue weighted by molar-refractivity contribution is 0.514. The Morgan fingerprint density at radius 1 is 1.60 bits per heavy atom. The third kappa shape index (κ3) is 1.74. The zero-order chi connectivity index (χ0) is 11.1. The molecule has 2 rings (SSSR count). The number of rotatable bonds is 1. The summed E-state index contributed by atoms with van der Waals surface area (Å²) in [5, 5.41) is 0.187. The van der Waals surface area contributed by atoms with Crippen molar-refractivity contribution >= 4 is 17.4 Å². The molecule has 0 radical (unpaired) electrons. The first-order valence-electron chi connectivity index (χ1n) is 5.03. The van der Waals surface area contributed by atoms with Crippen molar-refractivity contribution in [2.45, 2.75) is 32.2 Å². The van der Waals surface area contributed by atoms with Crippen molar-refractivity contribution in [1.29, 1.82) is 0 Å². The number of aromatic amines is 1. The summed E-state index contributed by atoms with van der Waals surface area (Å²) < 4.78 is 0. The second kappa shape index (κ2) is 3.52. The highest BCUT2D eigenvalue weighted by atomic mass is 35.5. The van der Waals surface area contributed by atoms with Crippen molar-refractivity contribution in [2.24, 2.45) is 0 Å². The predicted octanol–water partition coefficient (Wildman–Crippen LogP) is 1.80. The van der Waals surface area contributed by atoms with Gasteiger partial charge in [0.1, 0.15) is 5.02 Å². The average Bonchev–Trinajstić information content (AvgIpc) is 2.50. The maximum absolute atomic E-state index is 11.4. The zero-order valence-electron chi connectivity index (χ0n) is 8.88. The SMILES string of the molecule is CC1(C)CCCN1c1nc[nH]c(=O)c1Cl. The minimum Gasteiger partial charge on any atom is -0.350 e. The maximum Gasteiger partial charge on any atom is 0.271 e. The van der Waals surface area contributed by atoms with Gasteiger partial charge in [0.15, 0.2) is 5.82 Å². The van der Waals surface area contributed by atoms with Gasteiger partial charge in [-0.3, -0.25) is 4.79 Å². The fraction of sp³-hybridized carbons (Fsp3) is 0.600. The van der Waals surface area contributed by atoms with Crippen LogP contribution in [0, 0.1) is 0 Å². The fourth-order valence-corrected chi connectivity index (χ4v) is 2.27. The largest absolute Gasteiger partial charge is 0.350 e. The molecule has 1 aliphatic heterocycles. The number of aromatic nitrogens is 2. The Morgan fingerprint density at radius 3 is 2.93 bits per heavy atom. The van der Waals surface area contributed by atoms with Gasteiger partial charge >= 0.3 is 0 Å². The molecule has 0 amide bonds. The van der Waals surface area contributed by atoms with Gasteiger partial charge in [-0.15, -0.1) is 0 Å². The first kappa shape index (κ1) is 10.5. The number of nitrogens with one attached hydrogen (secondary N) is 1. The lowest BCUT2D eigenvalue weighted by Crippen LogP contribution is -2.39. The minimum absolute atomic E-state index is 0.0322. The van der Waals surface area contributed by atoms with Crippen LogP contribution in [0.1, 0.15) is 26.7 Å². The minimum atomic E-state index is -0.274. The van der Waals surface area contributed by atoms with Crippen molar-refractivity contribution in [3.63, 3.8) is 0 Å². The smallest absolute Gasteiger partial charge is 0.271 e. The number of nitrogens with zero attached hydrogens (tertiary/aromatic N) is 2. The molecule has 0 unspecified atom stereocenters. The van der Waals surface area contributed by atoms with E-state index >= 15 is 0 Å². The zero-order valence-corrected chi connectivity index (χ0v) is 9.64. The van der Waals surface area contributed by atoms with E-state index in [4.69, 9.17) is 11.6 Å². The Balaban J connectivity index is 2.46. The topological polar surface area (TPSA) is 49.0 Å². The molecule has 0 saturated carbocycles. The molecule has 5 heteroatoms. The summed E-state index contributed by atoms with van der Waals surface area (Å²) in [7, 11) is 0. The molecule has 0 bridgehead atoms. The van der Waals surface area contributed by atoms with Crippen molar-refractivity contribution < 1.29 is 0 Å². The molecule has 4 nitrogen and oxygen atoms in total. The monoisotopic (exact) mass is 227 g/mol. The molecule has 1 aromatic rings. The molecule has 0 atom stereocenters. The van der Waals surface area contributed by atoms with Crippen molar-refractivity contribution in [3.8, 4) is 0 Å². The highest BCUT2D eigenvalue weighted by molar-refractivity contribution is 6.32. The summed E-state index contributed by atoms with van der Waals surface area (Å²) in [6.45, 7) is 5.18. The van der Waals surface area contributed by atoms with E-state index in [1.54, 1.807) is 0 Å². The van der Waals surface area contributed by atoms with Crippen molar-refractivity contribution in [1.82, 2.24) is 9.97 Å². The molecule has 0 spiro atoms. The summed E-state index contributed by atoms with van der Waals surface area (Å²) in [6.07, 6.45) is 3.60. The van der Waals surface area contributed by atoms with Gasteiger partial charge in [-0.2, -0.15) is 0 Å². The van der Waals surface area contributed by atoms with Gasteiger partial charge in [-0.25, -0.2) is 4.98 Å². The van der Waals surface area contributed by atoms with E-state index in [9.17, 15) is 4.79 Å². The Labute approximate surface area is 93.3 Å². The molecule has 82 valence electrons. The molecule has 1 fully saturated rings. The number of hydrogen-bond acceptors (Lipinski definition) is 3. The van der Waals surface area contributed by atoms with Crippen LogP contribution in [0.2, 0.25) is 5.02 Å². The summed E-state index contributed by atoms with van der Waals surface area (Å²) in [4.78, 5) is 20.1. The van der Waals surface area contributed by atoms with Gasteiger partial charge in [-0.1, -0.05) is 11.6 Å². The van der Waals surface area contributed by atoms with E-state index in [-0.39, 0.29) is 16.1 Å². The van der Waals surface area contributed by atoms with Crippen LogP contribution in [0.25, 0.3) is 0 Å². The quantitative estimate of drug-likeness (QED) is 0.796. The van der Waals surface area contributed by atoms with Crippen LogP contribution in [-0.2, 0) is 0 Å². The second-order valence-corrected chi connectivity index (χ2v) is 4.81. The van der Waals surface area contributed by atoms with Crippen LogP contribution < -0.4 is 10.5 Å². The molecule has 1 aliphatic rings. The van der Waals surface area contributed by atoms with Gasteiger partial charge in [0.2, 0.25) is 0 Å². The number of anilines is 1. The molecule has 2 heterocycles. The maximum atomic E-state index is 11.4. The molecule has 1 saturated heterocycles. The van der Waals surface area contributed by atoms with Gasteiger partial charge < -0.3 is 9.88 Å². The van der Waals surface area contributed by atoms with Crippen LogP contribution >= 0.6 is 11.6 Å². The van der Waals surface area contributed by atoms with E-state index < -0.39 is 0 Å². The normalized spacial score (nSPS) is 19.5. The fourth-order valence-electron chi connectivity index (χ4n) is 2.06. The first-order chi connectivity index (χ1) is 7.02. The van der Waals surface area contributed by atoms with Crippen molar-refractivity contribution in [3.05, 3.63) is 21.7 Å². The lowest BCUT2D eigenvalue weighted by atomic mass is 10.0. The predicted molar refractivity (Wildman–Crippen MR) is 60.5 cm³/mol. The Hall–Kier alpha value is -1.03. The third-order valence-electron chi connectivity index (χ3n) is 2.93. The van der Waals surface area contributed by atoms with E-state index in [0.717, 1.165) is 19.4 Å². The second-order valence-electron chi connectivity index (χ2n) is 4.44.